The maximum absolute atomic E-state index is 13.3. The number of nitriles is 1. The van der Waals surface area contributed by atoms with E-state index in [2.05, 4.69) is 5.32 Å². The van der Waals surface area contributed by atoms with Gasteiger partial charge in [-0.25, -0.2) is 4.39 Å². The maximum Gasteiger partial charge on any atom is 0.270 e. The Morgan fingerprint density at radius 2 is 1.72 bits per heavy atom. The Morgan fingerprint density at radius 3 is 2.36 bits per heavy atom. The highest BCUT2D eigenvalue weighted by molar-refractivity contribution is 8.26. The van der Waals surface area contributed by atoms with E-state index in [9.17, 15) is 19.2 Å². The molecule has 0 saturated carbocycles. The minimum atomic E-state index is -0.414. The minimum Gasteiger partial charge on any atom is -0.367 e. The lowest BCUT2D eigenvalue weighted by atomic mass is 10.0. The van der Waals surface area contributed by atoms with Crippen LogP contribution in [0.15, 0.2) is 58.2 Å². The Bertz CT molecular complexity index is 1490. The highest BCUT2D eigenvalue weighted by atomic mass is 32.2. The van der Waals surface area contributed by atoms with Crippen molar-refractivity contribution in [1.29, 1.82) is 5.26 Å². The van der Waals surface area contributed by atoms with Crippen LogP contribution in [-0.4, -0.2) is 19.7 Å². The lowest BCUT2D eigenvalue weighted by Gasteiger charge is -2.18. The molecule has 6 nitrogen and oxygen atoms in total. The minimum absolute atomic E-state index is 0.0198. The number of thiocarbonyl (C=S) groups is 1. The van der Waals surface area contributed by atoms with Crippen molar-refractivity contribution >= 4 is 46.1 Å². The molecule has 2 heterocycles. The van der Waals surface area contributed by atoms with Gasteiger partial charge < -0.3 is 5.32 Å². The van der Waals surface area contributed by atoms with Crippen molar-refractivity contribution in [3.05, 3.63) is 103 Å². The summed E-state index contributed by atoms with van der Waals surface area (Å²) in [5, 5.41) is 12.9. The van der Waals surface area contributed by atoms with Crippen molar-refractivity contribution in [2.75, 3.05) is 5.32 Å². The third-order valence-electron chi connectivity index (χ3n) is 5.98. The molecule has 1 aliphatic rings. The van der Waals surface area contributed by atoms with E-state index in [4.69, 9.17) is 12.2 Å². The first kappa shape index (κ1) is 25.4. The summed E-state index contributed by atoms with van der Waals surface area (Å²) in [6.45, 7) is 4.37. The molecule has 1 amide bonds. The second-order valence-corrected chi connectivity index (χ2v) is 10.1. The molecule has 1 aromatic heterocycles. The van der Waals surface area contributed by atoms with Crippen LogP contribution in [0.25, 0.3) is 6.08 Å². The number of benzene rings is 2. The molecular weight excluding hydrogens is 495 g/mol. The number of amides is 1. The number of hydrogen-bond donors (Lipinski definition) is 1. The van der Waals surface area contributed by atoms with Crippen LogP contribution in [0.1, 0.15) is 33.4 Å². The van der Waals surface area contributed by atoms with E-state index in [0.717, 1.165) is 28.5 Å². The van der Waals surface area contributed by atoms with Gasteiger partial charge in [0, 0.05) is 19.2 Å². The van der Waals surface area contributed by atoms with Crippen LogP contribution < -0.4 is 10.9 Å². The highest BCUT2D eigenvalue weighted by Gasteiger charge is 2.32. The first-order valence-corrected chi connectivity index (χ1v) is 12.3. The molecule has 1 saturated heterocycles. The Balaban J connectivity index is 1.71. The van der Waals surface area contributed by atoms with Crippen LogP contribution in [0.3, 0.4) is 0 Å². The topological polar surface area (TPSA) is 78.1 Å². The second kappa shape index (κ2) is 10.5. The quantitative estimate of drug-likeness (QED) is 0.365. The van der Waals surface area contributed by atoms with Crippen molar-refractivity contribution in [2.45, 2.75) is 26.9 Å². The molecular formula is C27H23FN4O2S2. The standard InChI is InChI=1S/C27H23FN4O2S2/c1-16-4-6-18(7-5-16)14-30-24-21(17(2)22(13-29)25(33)31(24)3)12-23-26(34)32(27(35)36-23)15-19-8-10-20(28)11-9-19/h4-12,30H,14-15H2,1-3H3/b23-12-. The number of nitrogens with one attached hydrogen (secondary N) is 1. The van der Waals surface area contributed by atoms with Gasteiger partial charge in [0.2, 0.25) is 0 Å². The van der Waals surface area contributed by atoms with Gasteiger partial charge in [0.25, 0.3) is 11.5 Å². The van der Waals surface area contributed by atoms with E-state index in [0.29, 0.717) is 32.7 Å². The Morgan fingerprint density at radius 1 is 1.08 bits per heavy atom. The average molecular weight is 519 g/mol. The number of aromatic nitrogens is 1. The molecule has 0 unspecified atom stereocenters. The van der Waals surface area contributed by atoms with E-state index in [1.165, 1.54) is 21.6 Å². The summed E-state index contributed by atoms with van der Waals surface area (Å²) in [6.07, 6.45) is 1.68. The summed E-state index contributed by atoms with van der Waals surface area (Å²) in [5.41, 5.74) is 3.57. The number of hydrogen-bond acceptors (Lipinski definition) is 6. The Labute approximate surface area is 218 Å². The zero-order valence-electron chi connectivity index (χ0n) is 20.0. The zero-order chi connectivity index (χ0) is 26.0. The molecule has 0 radical (unpaired) electrons. The van der Waals surface area contributed by atoms with Gasteiger partial charge in [0.15, 0.2) is 0 Å². The van der Waals surface area contributed by atoms with E-state index < -0.39 is 5.56 Å². The van der Waals surface area contributed by atoms with E-state index in [1.807, 2.05) is 37.3 Å². The molecule has 1 N–H and O–H groups in total. The monoisotopic (exact) mass is 518 g/mol. The predicted molar refractivity (Wildman–Crippen MR) is 145 cm³/mol. The molecule has 1 fully saturated rings. The predicted octanol–water partition coefficient (Wildman–Crippen LogP) is 5.03. The molecule has 36 heavy (non-hydrogen) atoms. The number of rotatable bonds is 6. The fourth-order valence-electron chi connectivity index (χ4n) is 3.88. The van der Waals surface area contributed by atoms with Crippen LogP contribution in [0.5, 0.6) is 0 Å². The van der Waals surface area contributed by atoms with Crippen molar-refractivity contribution in [1.82, 2.24) is 9.47 Å². The van der Waals surface area contributed by atoms with Gasteiger partial charge in [-0.2, -0.15) is 5.26 Å². The van der Waals surface area contributed by atoms with Crippen molar-refractivity contribution < 1.29 is 9.18 Å². The molecule has 0 atom stereocenters. The molecule has 1 aliphatic heterocycles. The molecule has 9 heteroatoms. The summed E-state index contributed by atoms with van der Waals surface area (Å²) in [6, 6.07) is 15.9. The number of anilines is 1. The molecule has 0 bridgehead atoms. The third-order valence-corrected chi connectivity index (χ3v) is 7.36. The highest BCUT2D eigenvalue weighted by Crippen LogP contribution is 2.35. The van der Waals surface area contributed by atoms with Crippen molar-refractivity contribution in [3.8, 4) is 6.07 Å². The molecule has 2 aromatic carbocycles. The summed E-state index contributed by atoms with van der Waals surface area (Å²) in [7, 11) is 1.59. The largest absolute Gasteiger partial charge is 0.367 e. The number of nitrogens with zero attached hydrogens (tertiary/aromatic N) is 3. The fourth-order valence-corrected chi connectivity index (χ4v) is 5.11. The van der Waals surface area contributed by atoms with Crippen LogP contribution in [0, 0.1) is 31.0 Å². The maximum atomic E-state index is 13.3. The lowest BCUT2D eigenvalue weighted by molar-refractivity contribution is -0.122. The average Bonchev–Trinajstić information content (AvgIpc) is 3.12. The zero-order valence-corrected chi connectivity index (χ0v) is 21.6. The second-order valence-electron chi connectivity index (χ2n) is 8.47. The Kier molecular flexibility index (Phi) is 7.38. The SMILES string of the molecule is Cc1ccc(CNc2c(/C=C3\SC(=S)N(Cc4ccc(F)cc4)C3=O)c(C)c(C#N)c(=O)n2C)cc1. The van der Waals surface area contributed by atoms with E-state index in [1.54, 1.807) is 32.2 Å². The first-order chi connectivity index (χ1) is 17.2. The van der Waals surface area contributed by atoms with E-state index in [-0.39, 0.29) is 23.8 Å². The summed E-state index contributed by atoms with van der Waals surface area (Å²) < 4.78 is 15.0. The number of aryl methyl sites for hydroxylation is 1. The van der Waals surface area contributed by atoms with Gasteiger partial charge >= 0.3 is 0 Å². The van der Waals surface area contributed by atoms with Crippen LogP contribution in [0.2, 0.25) is 0 Å². The third kappa shape index (κ3) is 5.10. The van der Waals surface area contributed by atoms with Crippen molar-refractivity contribution in [3.63, 3.8) is 0 Å². The lowest BCUT2D eigenvalue weighted by Crippen LogP contribution is -2.27. The van der Waals surface area contributed by atoms with E-state index >= 15 is 0 Å². The van der Waals surface area contributed by atoms with Gasteiger partial charge in [0.05, 0.1) is 11.4 Å². The number of carbonyl (C=O) groups excluding carboxylic acids is 1. The van der Waals surface area contributed by atoms with Gasteiger partial charge in [-0.3, -0.25) is 19.1 Å². The summed E-state index contributed by atoms with van der Waals surface area (Å²) in [5.74, 6) is -0.139. The molecule has 0 aliphatic carbocycles. The molecule has 3 aromatic rings. The Hall–Kier alpha value is -3.74. The molecule has 0 spiro atoms. The van der Waals surface area contributed by atoms with Crippen LogP contribution in [0.4, 0.5) is 10.2 Å². The molecule has 4 rings (SSSR count). The van der Waals surface area contributed by atoms with Gasteiger partial charge in [0.1, 0.15) is 27.6 Å². The first-order valence-electron chi connectivity index (χ1n) is 11.1. The fraction of sp³-hybridized carbons (Fsp3) is 0.185. The van der Waals surface area contributed by atoms with Crippen LogP contribution >= 0.6 is 24.0 Å². The molecule has 182 valence electrons. The number of pyridine rings is 1. The van der Waals surface area contributed by atoms with Gasteiger partial charge in [-0.05, 0) is 48.7 Å². The normalized spacial score (nSPS) is 14.4. The smallest absolute Gasteiger partial charge is 0.270 e. The van der Waals surface area contributed by atoms with Crippen molar-refractivity contribution in [2.24, 2.45) is 7.05 Å². The van der Waals surface area contributed by atoms with Gasteiger partial charge in [-0.1, -0.05) is 65.9 Å². The number of thioether (sulfide) groups is 1. The number of carbonyl (C=O) groups is 1. The summed E-state index contributed by atoms with van der Waals surface area (Å²) >= 11 is 6.60. The van der Waals surface area contributed by atoms with Crippen LogP contribution in [-0.2, 0) is 24.9 Å². The number of halogens is 1. The van der Waals surface area contributed by atoms with Gasteiger partial charge in [-0.15, -0.1) is 0 Å². The summed E-state index contributed by atoms with van der Waals surface area (Å²) in [4.78, 5) is 27.9.